The van der Waals surface area contributed by atoms with Crippen molar-refractivity contribution in [1.29, 1.82) is 0 Å². The predicted octanol–water partition coefficient (Wildman–Crippen LogP) is 4.77. The van der Waals surface area contributed by atoms with Crippen LogP contribution >= 0.6 is 0 Å². The molecule has 3 rings (SSSR count). The third-order valence-electron chi connectivity index (χ3n) is 4.24. The molecule has 5 nitrogen and oxygen atoms in total. The lowest BCUT2D eigenvalue weighted by molar-refractivity contribution is -0.136. The Hall–Kier alpha value is -2.38. The van der Waals surface area contributed by atoms with Crippen LogP contribution in [-0.2, 0) is 6.18 Å². The lowest BCUT2D eigenvalue weighted by Crippen LogP contribution is -2.20. The van der Waals surface area contributed by atoms with Crippen molar-refractivity contribution in [1.82, 2.24) is 15.2 Å². The lowest BCUT2D eigenvalue weighted by Gasteiger charge is -2.17. The second-order valence-electron chi connectivity index (χ2n) is 6.17. The van der Waals surface area contributed by atoms with Gasteiger partial charge in [-0.15, -0.1) is 5.10 Å². The number of benzene rings is 1. The number of hydrogen-bond acceptors (Lipinski definition) is 5. The Kier molecular flexibility index (Phi) is 5.35. The summed E-state index contributed by atoms with van der Waals surface area (Å²) in [6.45, 7) is 0. The van der Waals surface area contributed by atoms with Crippen LogP contribution in [0.3, 0.4) is 0 Å². The van der Waals surface area contributed by atoms with Crippen molar-refractivity contribution in [3.8, 4) is 0 Å². The maximum Gasteiger partial charge on any atom is 0.418 e. The molecule has 0 spiro atoms. The quantitative estimate of drug-likeness (QED) is 0.777. The highest BCUT2D eigenvalue weighted by Crippen LogP contribution is 2.35. The van der Waals surface area contributed by atoms with E-state index in [4.69, 9.17) is 0 Å². The van der Waals surface area contributed by atoms with Gasteiger partial charge in [0, 0.05) is 6.04 Å². The van der Waals surface area contributed by atoms with E-state index in [1.807, 2.05) is 0 Å². The molecule has 1 fully saturated rings. The van der Waals surface area contributed by atoms with E-state index in [0.717, 1.165) is 31.7 Å². The summed E-state index contributed by atoms with van der Waals surface area (Å²) in [4.78, 5) is 4.25. The predicted molar refractivity (Wildman–Crippen MR) is 89.7 cm³/mol. The van der Waals surface area contributed by atoms with Crippen molar-refractivity contribution < 1.29 is 13.2 Å². The SMILES string of the molecule is FC(F)(F)c1ccccc1Nc1cnnc(NC2CCCCCC2)n1. The Morgan fingerprint density at radius 1 is 1.00 bits per heavy atom. The van der Waals surface area contributed by atoms with E-state index in [9.17, 15) is 13.2 Å². The monoisotopic (exact) mass is 351 g/mol. The summed E-state index contributed by atoms with van der Waals surface area (Å²) in [7, 11) is 0. The normalized spacial score (nSPS) is 16.3. The van der Waals surface area contributed by atoms with E-state index in [0.29, 0.717) is 5.95 Å². The number of halogens is 3. The molecule has 1 aliphatic carbocycles. The molecule has 1 heterocycles. The number of para-hydroxylation sites is 1. The molecule has 1 aromatic heterocycles. The zero-order valence-corrected chi connectivity index (χ0v) is 13.7. The van der Waals surface area contributed by atoms with Crippen LogP contribution in [0.25, 0.3) is 0 Å². The first-order chi connectivity index (χ1) is 12.0. The van der Waals surface area contributed by atoms with Crippen LogP contribution in [0.2, 0.25) is 0 Å². The van der Waals surface area contributed by atoms with E-state index in [-0.39, 0.29) is 17.5 Å². The number of rotatable bonds is 4. The van der Waals surface area contributed by atoms with Gasteiger partial charge in [-0.2, -0.15) is 23.3 Å². The Labute approximate surface area is 144 Å². The molecule has 134 valence electrons. The standard InChI is InChI=1S/C17H20F3N5/c18-17(19,20)13-9-5-6-10-14(13)23-15-11-21-25-16(24-15)22-12-7-3-1-2-4-8-12/h5-6,9-12H,1-4,7-8H2,(H2,22,23,24,25). The van der Waals surface area contributed by atoms with Crippen molar-refractivity contribution in [2.75, 3.05) is 10.6 Å². The van der Waals surface area contributed by atoms with Gasteiger partial charge in [0.1, 0.15) is 0 Å². The molecule has 0 atom stereocenters. The van der Waals surface area contributed by atoms with Gasteiger partial charge in [0.25, 0.3) is 0 Å². The van der Waals surface area contributed by atoms with Crippen molar-refractivity contribution in [2.45, 2.75) is 50.7 Å². The highest BCUT2D eigenvalue weighted by atomic mass is 19.4. The molecule has 0 aliphatic heterocycles. The lowest BCUT2D eigenvalue weighted by atomic mass is 10.1. The second kappa shape index (κ2) is 7.67. The average Bonchev–Trinajstić information content (AvgIpc) is 2.83. The van der Waals surface area contributed by atoms with Gasteiger partial charge in [0.2, 0.25) is 5.95 Å². The highest BCUT2D eigenvalue weighted by molar-refractivity contribution is 5.61. The largest absolute Gasteiger partial charge is 0.418 e. The fraction of sp³-hybridized carbons (Fsp3) is 0.471. The minimum Gasteiger partial charge on any atom is -0.350 e. The van der Waals surface area contributed by atoms with Gasteiger partial charge in [0.05, 0.1) is 17.4 Å². The first-order valence-corrected chi connectivity index (χ1v) is 8.42. The summed E-state index contributed by atoms with van der Waals surface area (Å²) in [5, 5.41) is 13.7. The van der Waals surface area contributed by atoms with Crippen LogP contribution in [0.5, 0.6) is 0 Å². The summed E-state index contributed by atoms with van der Waals surface area (Å²) in [6, 6.07) is 5.56. The number of nitrogens with zero attached hydrogens (tertiary/aromatic N) is 3. The van der Waals surface area contributed by atoms with Crippen LogP contribution in [0.4, 0.5) is 30.6 Å². The molecule has 0 unspecified atom stereocenters. The summed E-state index contributed by atoms with van der Waals surface area (Å²) in [6.07, 6.45) is 3.72. The second-order valence-corrected chi connectivity index (χ2v) is 6.17. The molecule has 1 aliphatic rings. The Morgan fingerprint density at radius 2 is 1.72 bits per heavy atom. The molecule has 25 heavy (non-hydrogen) atoms. The van der Waals surface area contributed by atoms with Gasteiger partial charge in [0.15, 0.2) is 5.82 Å². The van der Waals surface area contributed by atoms with E-state index < -0.39 is 11.7 Å². The molecule has 8 heteroatoms. The summed E-state index contributed by atoms with van der Waals surface area (Å²) in [5.41, 5.74) is -0.803. The molecule has 2 N–H and O–H groups in total. The first-order valence-electron chi connectivity index (χ1n) is 8.42. The zero-order valence-electron chi connectivity index (χ0n) is 13.7. The number of anilines is 3. The number of nitrogens with one attached hydrogen (secondary N) is 2. The van der Waals surface area contributed by atoms with E-state index in [1.165, 1.54) is 37.2 Å². The topological polar surface area (TPSA) is 62.7 Å². The van der Waals surface area contributed by atoms with Crippen molar-refractivity contribution in [2.24, 2.45) is 0 Å². The minimum absolute atomic E-state index is 0.0593. The van der Waals surface area contributed by atoms with Crippen LogP contribution < -0.4 is 10.6 Å². The van der Waals surface area contributed by atoms with Gasteiger partial charge in [-0.3, -0.25) is 0 Å². The molecule has 1 saturated carbocycles. The van der Waals surface area contributed by atoms with Gasteiger partial charge in [-0.05, 0) is 25.0 Å². The minimum atomic E-state index is -4.44. The van der Waals surface area contributed by atoms with E-state index >= 15 is 0 Å². The smallest absolute Gasteiger partial charge is 0.350 e. The summed E-state index contributed by atoms with van der Waals surface area (Å²) >= 11 is 0. The summed E-state index contributed by atoms with van der Waals surface area (Å²) < 4.78 is 39.2. The first kappa shape index (κ1) is 17.4. The molecule has 0 radical (unpaired) electrons. The Balaban J connectivity index is 1.74. The fourth-order valence-electron chi connectivity index (χ4n) is 3.01. The third kappa shape index (κ3) is 4.80. The van der Waals surface area contributed by atoms with Gasteiger partial charge in [-0.25, -0.2) is 0 Å². The molecule has 0 amide bonds. The molecular formula is C17H20F3N5. The molecule has 2 aromatic rings. The van der Waals surface area contributed by atoms with Gasteiger partial charge in [-0.1, -0.05) is 37.8 Å². The third-order valence-corrected chi connectivity index (χ3v) is 4.24. The maximum atomic E-state index is 13.1. The van der Waals surface area contributed by atoms with E-state index in [1.54, 1.807) is 0 Å². The Bertz CT molecular complexity index is 697. The Morgan fingerprint density at radius 3 is 2.44 bits per heavy atom. The molecular weight excluding hydrogens is 331 g/mol. The van der Waals surface area contributed by atoms with Crippen molar-refractivity contribution >= 4 is 17.5 Å². The van der Waals surface area contributed by atoms with Crippen LogP contribution in [0.15, 0.2) is 30.5 Å². The average molecular weight is 351 g/mol. The molecule has 1 aromatic carbocycles. The van der Waals surface area contributed by atoms with Crippen LogP contribution in [0, 0.1) is 0 Å². The van der Waals surface area contributed by atoms with Crippen LogP contribution in [-0.4, -0.2) is 21.2 Å². The molecule has 0 bridgehead atoms. The van der Waals surface area contributed by atoms with Gasteiger partial charge >= 0.3 is 6.18 Å². The number of alkyl halides is 3. The van der Waals surface area contributed by atoms with Crippen molar-refractivity contribution in [3.05, 3.63) is 36.0 Å². The number of hydrogen-bond donors (Lipinski definition) is 2. The van der Waals surface area contributed by atoms with Gasteiger partial charge < -0.3 is 10.6 Å². The summed E-state index contributed by atoms with van der Waals surface area (Å²) in [5.74, 6) is 0.559. The highest BCUT2D eigenvalue weighted by Gasteiger charge is 2.33. The number of aromatic nitrogens is 3. The molecule has 0 saturated heterocycles. The van der Waals surface area contributed by atoms with E-state index in [2.05, 4.69) is 25.8 Å². The fourth-order valence-corrected chi connectivity index (χ4v) is 3.01. The van der Waals surface area contributed by atoms with Crippen molar-refractivity contribution in [3.63, 3.8) is 0 Å². The van der Waals surface area contributed by atoms with Crippen LogP contribution in [0.1, 0.15) is 44.1 Å². The maximum absolute atomic E-state index is 13.1. The zero-order chi connectivity index (χ0) is 17.7.